The zero-order valence-corrected chi connectivity index (χ0v) is 11.9. The maximum Gasteiger partial charge on any atom is 0.0856 e. The minimum atomic E-state index is 0.620. The van der Waals surface area contributed by atoms with Crippen molar-refractivity contribution in [3.63, 3.8) is 0 Å². The second-order valence-corrected chi connectivity index (χ2v) is 6.20. The van der Waals surface area contributed by atoms with Gasteiger partial charge in [0.05, 0.1) is 16.2 Å². The lowest BCUT2D eigenvalue weighted by Crippen LogP contribution is -2.28. The Morgan fingerprint density at radius 1 is 1.56 bits per heavy atom. The molecule has 3 rings (SSSR count). The maximum absolute atomic E-state index is 6.29. The zero-order chi connectivity index (χ0) is 12.5. The van der Waals surface area contributed by atoms with Gasteiger partial charge in [-0.05, 0) is 24.3 Å². The van der Waals surface area contributed by atoms with Crippen molar-refractivity contribution in [1.82, 2.24) is 15.1 Å². The molecule has 2 aromatic rings. The number of halogens is 1. The Morgan fingerprint density at radius 2 is 2.44 bits per heavy atom. The second kappa shape index (κ2) is 5.11. The van der Waals surface area contributed by atoms with Crippen molar-refractivity contribution in [2.45, 2.75) is 19.0 Å². The lowest BCUT2D eigenvalue weighted by atomic mass is 10.2. The van der Waals surface area contributed by atoms with Crippen LogP contribution in [0.5, 0.6) is 0 Å². The summed E-state index contributed by atoms with van der Waals surface area (Å²) in [6.07, 6.45) is 1.25. The molecule has 0 aliphatic carbocycles. The highest BCUT2D eigenvalue weighted by molar-refractivity contribution is 7.99. The molecule has 1 atom stereocenters. The summed E-state index contributed by atoms with van der Waals surface area (Å²) < 4.78 is 1.90. The summed E-state index contributed by atoms with van der Waals surface area (Å²) in [5.74, 6) is 2.47. The second-order valence-electron chi connectivity index (χ2n) is 4.65. The molecule has 0 spiro atoms. The Bertz CT molecular complexity index is 561. The Kier molecular flexibility index (Phi) is 3.50. The quantitative estimate of drug-likeness (QED) is 0.938. The Hall–Kier alpha value is -0.710. The number of hydrogen-bond donors (Lipinski definition) is 1. The molecule has 1 aliphatic rings. The topological polar surface area (TPSA) is 29.9 Å². The average molecular weight is 282 g/mol. The van der Waals surface area contributed by atoms with E-state index in [0.29, 0.717) is 6.04 Å². The van der Waals surface area contributed by atoms with Crippen LogP contribution in [0.4, 0.5) is 0 Å². The van der Waals surface area contributed by atoms with E-state index in [4.69, 9.17) is 11.6 Å². The molecule has 0 saturated carbocycles. The van der Waals surface area contributed by atoms with Gasteiger partial charge < -0.3 is 5.32 Å². The third kappa shape index (κ3) is 2.25. The van der Waals surface area contributed by atoms with Gasteiger partial charge in [-0.1, -0.05) is 17.7 Å². The number of aromatic nitrogens is 2. The number of hydrogen-bond acceptors (Lipinski definition) is 3. The lowest BCUT2D eigenvalue weighted by molar-refractivity contribution is 0.549. The molecule has 18 heavy (non-hydrogen) atoms. The molecule has 2 heterocycles. The number of thioether (sulfide) groups is 1. The molecular formula is C13H16ClN3S. The minimum Gasteiger partial charge on any atom is -0.307 e. The van der Waals surface area contributed by atoms with Crippen LogP contribution in [0.3, 0.4) is 0 Å². The highest BCUT2D eigenvalue weighted by Gasteiger charge is 2.17. The number of aryl methyl sites for hydroxylation is 1. The van der Waals surface area contributed by atoms with E-state index >= 15 is 0 Å². The first-order valence-electron chi connectivity index (χ1n) is 6.17. The van der Waals surface area contributed by atoms with Crippen molar-refractivity contribution < 1.29 is 0 Å². The Balaban J connectivity index is 1.87. The monoisotopic (exact) mass is 281 g/mol. The summed E-state index contributed by atoms with van der Waals surface area (Å²) in [5.41, 5.74) is 2.15. The molecule has 96 valence electrons. The van der Waals surface area contributed by atoms with E-state index in [2.05, 4.69) is 16.5 Å². The number of nitrogens with zero attached hydrogens (tertiary/aromatic N) is 2. The molecule has 1 aromatic heterocycles. The van der Waals surface area contributed by atoms with Crippen molar-refractivity contribution >= 4 is 34.3 Å². The molecule has 0 unspecified atom stereocenters. The van der Waals surface area contributed by atoms with E-state index in [9.17, 15) is 0 Å². The van der Waals surface area contributed by atoms with Crippen LogP contribution in [0.25, 0.3) is 10.9 Å². The van der Waals surface area contributed by atoms with Crippen molar-refractivity contribution in [3.05, 3.63) is 28.9 Å². The third-order valence-corrected chi connectivity index (χ3v) is 4.86. The number of fused-ring (bicyclic) bond motifs is 1. The summed E-state index contributed by atoms with van der Waals surface area (Å²) in [7, 11) is 1.97. The summed E-state index contributed by atoms with van der Waals surface area (Å²) in [4.78, 5) is 0. The Morgan fingerprint density at radius 3 is 3.22 bits per heavy atom. The predicted octanol–water partition coefficient (Wildman–Crippen LogP) is 2.82. The molecule has 1 saturated heterocycles. The first-order chi connectivity index (χ1) is 8.75. The van der Waals surface area contributed by atoms with Crippen LogP contribution in [0.1, 0.15) is 12.1 Å². The van der Waals surface area contributed by atoms with E-state index in [1.54, 1.807) is 0 Å². The van der Waals surface area contributed by atoms with Gasteiger partial charge >= 0.3 is 0 Å². The van der Waals surface area contributed by atoms with Crippen LogP contribution in [0.15, 0.2) is 18.2 Å². The van der Waals surface area contributed by atoms with Crippen LogP contribution in [-0.2, 0) is 13.6 Å². The smallest absolute Gasteiger partial charge is 0.0856 e. The fraction of sp³-hybridized carbons (Fsp3) is 0.462. The number of rotatable bonds is 3. The highest BCUT2D eigenvalue weighted by Crippen LogP contribution is 2.26. The minimum absolute atomic E-state index is 0.620. The van der Waals surface area contributed by atoms with Gasteiger partial charge in [0.25, 0.3) is 0 Å². The van der Waals surface area contributed by atoms with Crippen molar-refractivity contribution in [3.8, 4) is 0 Å². The van der Waals surface area contributed by atoms with Gasteiger partial charge in [0.1, 0.15) is 0 Å². The Labute approximate surface area is 116 Å². The number of nitrogens with one attached hydrogen (secondary N) is 1. The van der Waals surface area contributed by atoms with E-state index < -0.39 is 0 Å². The van der Waals surface area contributed by atoms with Crippen LogP contribution >= 0.6 is 23.4 Å². The molecule has 0 amide bonds. The average Bonchev–Trinajstić information content (AvgIpc) is 2.96. The van der Waals surface area contributed by atoms with E-state index in [1.165, 1.54) is 17.9 Å². The predicted molar refractivity (Wildman–Crippen MR) is 78.3 cm³/mol. The van der Waals surface area contributed by atoms with Gasteiger partial charge in [-0.25, -0.2) is 0 Å². The molecule has 5 heteroatoms. The van der Waals surface area contributed by atoms with Gasteiger partial charge in [-0.2, -0.15) is 16.9 Å². The summed E-state index contributed by atoms with van der Waals surface area (Å²) in [5, 5.41) is 10.0. The van der Waals surface area contributed by atoms with E-state index in [-0.39, 0.29) is 0 Å². The van der Waals surface area contributed by atoms with Gasteiger partial charge in [0.2, 0.25) is 0 Å². The molecule has 1 fully saturated rings. The van der Waals surface area contributed by atoms with Gasteiger partial charge in [0.15, 0.2) is 0 Å². The SMILES string of the molecule is Cn1nc(CN[C@H]2CCSC2)c2c(Cl)cccc21. The summed E-state index contributed by atoms with van der Waals surface area (Å²) in [6, 6.07) is 6.58. The first-order valence-corrected chi connectivity index (χ1v) is 7.70. The van der Waals surface area contributed by atoms with Crippen molar-refractivity contribution in [2.24, 2.45) is 7.05 Å². The fourth-order valence-corrected chi connectivity index (χ4v) is 3.88. The zero-order valence-electron chi connectivity index (χ0n) is 10.3. The van der Waals surface area contributed by atoms with Gasteiger partial charge in [-0.3, -0.25) is 4.68 Å². The first kappa shape index (κ1) is 12.3. The molecule has 1 aromatic carbocycles. The van der Waals surface area contributed by atoms with Crippen LogP contribution in [0, 0.1) is 0 Å². The fourth-order valence-electron chi connectivity index (χ4n) is 2.41. The van der Waals surface area contributed by atoms with E-state index in [0.717, 1.165) is 28.2 Å². The summed E-state index contributed by atoms with van der Waals surface area (Å²) in [6.45, 7) is 0.798. The molecule has 3 nitrogen and oxygen atoms in total. The molecule has 0 radical (unpaired) electrons. The van der Waals surface area contributed by atoms with Crippen LogP contribution in [0.2, 0.25) is 5.02 Å². The molecular weight excluding hydrogens is 266 g/mol. The molecule has 1 N–H and O–H groups in total. The standard InChI is InChI=1S/C13H16ClN3S/c1-17-12-4-2-3-10(14)13(12)11(16-17)7-15-9-5-6-18-8-9/h2-4,9,15H,5-8H2,1H3/t9-/m0/s1. The largest absolute Gasteiger partial charge is 0.307 e. The van der Waals surface area contributed by atoms with Crippen LogP contribution in [-0.4, -0.2) is 27.3 Å². The van der Waals surface area contributed by atoms with Crippen molar-refractivity contribution in [1.29, 1.82) is 0 Å². The van der Waals surface area contributed by atoms with Gasteiger partial charge in [-0.15, -0.1) is 0 Å². The van der Waals surface area contributed by atoms with Crippen LogP contribution < -0.4 is 5.32 Å². The summed E-state index contributed by atoms with van der Waals surface area (Å²) >= 11 is 8.30. The van der Waals surface area contributed by atoms with Crippen molar-refractivity contribution in [2.75, 3.05) is 11.5 Å². The molecule has 1 aliphatic heterocycles. The third-order valence-electron chi connectivity index (χ3n) is 3.39. The highest BCUT2D eigenvalue weighted by atomic mass is 35.5. The normalized spacial score (nSPS) is 19.8. The van der Waals surface area contributed by atoms with Gasteiger partial charge in [0, 0.05) is 30.8 Å². The molecule has 0 bridgehead atoms. The lowest BCUT2D eigenvalue weighted by Gasteiger charge is -2.09. The maximum atomic E-state index is 6.29. The van der Waals surface area contributed by atoms with E-state index in [1.807, 2.05) is 35.6 Å². The number of benzene rings is 1.